The second-order valence-electron chi connectivity index (χ2n) is 4.01. The average Bonchev–Trinajstić information content (AvgIpc) is 2.41. The summed E-state index contributed by atoms with van der Waals surface area (Å²) in [5, 5.41) is 9.06. The summed E-state index contributed by atoms with van der Waals surface area (Å²) in [7, 11) is -3.95. The standard InChI is InChI=1S/C13H11BrFNO3S/c14-10-6-5-9(8-17)7-13(10)20(18,19)16-12-4-2-1-3-11(12)15/h1-7,16-17H,8H2. The summed E-state index contributed by atoms with van der Waals surface area (Å²) in [6.07, 6.45) is 0. The number of halogens is 2. The highest BCUT2D eigenvalue weighted by molar-refractivity contribution is 9.10. The first kappa shape index (κ1) is 15.0. The van der Waals surface area contributed by atoms with E-state index in [2.05, 4.69) is 20.7 Å². The van der Waals surface area contributed by atoms with E-state index in [9.17, 15) is 12.8 Å². The van der Waals surface area contributed by atoms with E-state index < -0.39 is 15.8 Å². The molecule has 0 heterocycles. The third-order valence-electron chi connectivity index (χ3n) is 2.59. The van der Waals surface area contributed by atoms with Crippen LogP contribution in [0.2, 0.25) is 0 Å². The van der Waals surface area contributed by atoms with Gasteiger partial charge in [-0.25, -0.2) is 12.8 Å². The van der Waals surface area contributed by atoms with Crippen molar-refractivity contribution in [3.63, 3.8) is 0 Å². The predicted octanol–water partition coefficient (Wildman–Crippen LogP) is 2.88. The molecule has 2 aromatic rings. The normalized spacial score (nSPS) is 11.3. The highest BCUT2D eigenvalue weighted by Crippen LogP contribution is 2.26. The largest absolute Gasteiger partial charge is 0.392 e. The second kappa shape index (κ2) is 5.90. The van der Waals surface area contributed by atoms with Gasteiger partial charge in [-0.2, -0.15) is 0 Å². The summed E-state index contributed by atoms with van der Waals surface area (Å²) in [4.78, 5) is -0.0627. The smallest absolute Gasteiger partial charge is 0.263 e. The zero-order valence-electron chi connectivity index (χ0n) is 10.2. The highest BCUT2D eigenvalue weighted by atomic mass is 79.9. The average molecular weight is 360 g/mol. The van der Waals surface area contributed by atoms with Crippen molar-refractivity contribution in [2.75, 3.05) is 4.72 Å². The molecule has 0 saturated heterocycles. The highest BCUT2D eigenvalue weighted by Gasteiger charge is 2.19. The molecule has 0 saturated carbocycles. The van der Waals surface area contributed by atoms with Crippen LogP contribution in [0.4, 0.5) is 10.1 Å². The van der Waals surface area contributed by atoms with E-state index in [0.29, 0.717) is 10.0 Å². The first-order valence-corrected chi connectivity index (χ1v) is 7.88. The third-order valence-corrected chi connectivity index (χ3v) is 4.95. The Kier molecular flexibility index (Phi) is 4.42. The lowest BCUT2D eigenvalue weighted by Crippen LogP contribution is -2.15. The van der Waals surface area contributed by atoms with Crippen LogP contribution in [-0.4, -0.2) is 13.5 Å². The molecule has 0 amide bonds. The van der Waals surface area contributed by atoms with Crippen LogP contribution in [0.5, 0.6) is 0 Å². The van der Waals surface area contributed by atoms with Crippen molar-refractivity contribution >= 4 is 31.6 Å². The van der Waals surface area contributed by atoms with Crippen molar-refractivity contribution < 1.29 is 17.9 Å². The van der Waals surface area contributed by atoms with Crippen molar-refractivity contribution in [1.29, 1.82) is 0 Å². The zero-order valence-corrected chi connectivity index (χ0v) is 12.6. The summed E-state index contributed by atoms with van der Waals surface area (Å²) in [6.45, 7) is -0.282. The maximum atomic E-state index is 13.5. The first-order valence-electron chi connectivity index (χ1n) is 5.60. The SMILES string of the molecule is O=S(=O)(Nc1ccccc1F)c1cc(CO)ccc1Br. The van der Waals surface area contributed by atoms with E-state index in [1.165, 1.54) is 30.3 Å². The minimum Gasteiger partial charge on any atom is -0.392 e. The lowest BCUT2D eigenvalue weighted by molar-refractivity contribution is 0.281. The number of para-hydroxylation sites is 1. The van der Waals surface area contributed by atoms with Crippen molar-refractivity contribution in [2.45, 2.75) is 11.5 Å². The van der Waals surface area contributed by atoms with Gasteiger partial charge < -0.3 is 5.11 Å². The van der Waals surface area contributed by atoms with Crippen LogP contribution in [0.1, 0.15) is 5.56 Å². The van der Waals surface area contributed by atoms with E-state index in [0.717, 1.165) is 6.07 Å². The van der Waals surface area contributed by atoms with Crippen LogP contribution >= 0.6 is 15.9 Å². The Morgan fingerprint density at radius 3 is 2.55 bits per heavy atom. The van der Waals surface area contributed by atoms with Gasteiger partial charge in [-0.15, -0.1) is 0 Å². The molecule has 0 bridgehead atoms. The van der Waals surface area contributed by atoms with Crippen molar-refractivity contribution in [3.8, 4) is 0 Å². The lowest BCUT2D eigenvalue weighted by Gasteiger charge is -2.11. The zero-order chi connectivity index (χ0) is 14.8. The maximum absolute atomic E-state index is 13.5. The molecule has 4 nitrogen and oxygen atoms in total. The molecule has 0 unspecified atom stereocenters. The molecule has 7 heteroatoms. The molecule has 20 heavy (non-hydrogen) atoms. The molecule has 0 atom stereocenters. The Morgan fingerprint density at radius 1 is 1.20 bits per heavy atom. The minimum atomic E-state index is -3.95. The topological polar surface area (TPSA) is 66.4 Å². The molecule has 0 radical (unpaired) electrons. The van der Waals surface area contributed by atoms with E-state index in [1.54, 1.807) is 6.07 Å². The van der Waals surface area contributed by atoms with Gasteiger partial charge in [-0.1, -0.05) is 18.2 Å². The van der Waals surface area contributed by atoms with Crippen LogP contribution < -0.4 is 4.72 Å². The molecule has 0 aromatic heterocycles. The van der Waals surface area contributed by atoms with Gasteiger partial charge in [0.1, 0.15) is 10.7 Å². The Hall–Kier alpha value is -1.44. The molecule has 2 N–H and O–H groups in total. The number of benzene rings is 2. The van der Waals surface area contributed by atoms with Crippen molar-refractivity contribution in [1.82, 2.24) is 0 Å². The summed E-state index contributed by atoms with van der Waals surface area (Å²) in [5.74, 6) is -0.662. The van der Waals surface area contributed by atoms with Crippen LogP contribution in [0.25, 0.3) is 0 Å². The van der Waals surface area contributed by atoms with Gasteiger partial charge in [0, 0.05) is 4.47 Å². The molecule has 0 aliphatic heterocycles. The number of hydrogen-bond donors (Lipinski definition) is 2. The monoisotopic (exact) mass is 359 g/mol. The minimum absolute atomic E-state index is 0.0627. The Morgan fingerprint density at radius 2 is 1.90 bits per heavy atom. The summed E-state index contributed by atoms with van der Waals surface area (Å²) < 4.78 is 40.5. The molecule has 2 aromatic carbocycles. The Labute approximate surface area is 124 Å². The van der Waals surface area contributed by atoms with Crippen LogP contribution in [0.3, 0.4) is 0 Å². The fourth-order valence-electron chi connectivity index (χ4n) is 1.60. The van der Waals surface area contributed by atoms with Gasteiger partial charge in [0.25, 0.3) is 10.0 Å². The van der Waals surface area contributed by atoms with Gasteiger partial charge in [-0.3, -0.25) is 4.72 Å². The summed E-state index contributed by atoms with van der Waals surface area (Å²) >= 11 is 3.13. The molecule has 106 valence electrons. The quantitative estimate of drug-likeness (QED) is 0.881. The first-order chi connectivity index (χ1) is 9.44. The fraction of sp³-hybridized carbons (Fsp3) is 0.0769. The molecule has 0 fully saturated rings. The molecular formula is C13H11BrFNO3S. The van der Waals surface area contributed by atoms with Gasteiger partial charge in [-0.05, 0) is 45.8 Å². The van der Waals surface area contributed by atoms with E-state index in [4.69, 9.17) is 5.11 Å². The molecular weight excluding hydrogens is 349 g/mol. The lowest BCUT2D eigenvalue weighted by atomic mass is 10.2. The van der Waals surface area contributed by atoms with Crippen molar-refractivity contribution in [3.05, 3.63) is 58.3 Å². The number of aliphatic hydroxyl groups excluding tert-OH is 1. The molecule has 0 spiro atoms. The van der Waals surface area contributed by atoms with Crippen LogP contribution in [-0.2, 0) is 16.6 Å². The molecule has 2 rings (SSSR count). The predicted molar refractivity (Wildman–Crippen MR) is 77.3 cm³/mol. The van der Waals surface area contributed by atoms with E-state index in [-0.39, 0.29) is 17.2 Å². The van der Waals surface area contributed by atoms with Gasteiger partial charge >= 0.3 is 0 Å². The summed E-state index contributed by atoms with van der Waals surface area (Å²) in [6, 6.07) is 9.92. The number of nitrogens with one attached hydrogen (secondary N) is 1. The van der Waals surface area contributed by atoms with E-state index in [1.807, 2.05) is 0 Å². The van der Waals surface area contributed by atoms with Gasteiger partial charge in [0.2, 0.25) is 0 Å². The van der Waals surface area contributed by atoms with Gasteiger partial charge in [0.05, 0.1) is 12.3 Å². The molecule has 0 aliphatic rings. The number of aliphatic hydroxyl groups is 1. The van der Waals surface area contributed by atoms with Crippen molar-refractivity contribution in [2.24, 2.45) is 0 Å². The van der Waals surface area contributed by atoms with Gasteiger partial charge in [0.15, 0.2) is 0 Å². The number of rotatable bonds is 4. The van der Waals surface area contributed by atoms with Crippen LogP contribution in [0.15, 0.2) is 51.8 Å². The fourth-order valence-corrected chi connectivity index (χ4v) is 3.68. The Bertz CT molecular complexity index is 734. The summed E-state index contributed by atoms with van der Waals surface area (Å²) in [5.41, 5.74) is 0.316. The van der Waals surface area contributed by atoms with Crippen LogP contribution in [0, 0.1) is 5.82 Å². The maximum Gasteiger partial charge on any atom is 0.263 e. The second-order valence-corrected chi connectivity index (χ2v) is 6.51. The third kappa shape index (κ3) is 3.17. The number of hydrogen-bond acceptors (Lipinski definition) is 3. The number of sulfonamides is 1. The Balaban J connectivity index is 2.43. The molecule has 0 aliphatic carbocycles. The van der Waals surface area contributed by atoms with E-state index >= 15 is 0 Å². The number of anilines is 1.